The highest BCUT2D eigenvalue weighted by Crippen LogP contribution is 2.17. The molecule has 0 saturated carbocycles. The van der Waals surface area contributed by atoms with Gasteiger partial charge in [0.05, 0.1) is 0 Å². The summed E-state index contributed by atoms with van der Waals surface area (Å²) in [6, 6.07) is 7.55. The largest absolute Gasteiger partial charge is 0.314 e. The minimum Gasteiger partial charge on any atom is -0.314 e. The molecular formula is C19H33N. The second-order valence-corrected chi connectivity index (χ2v) is 6.40. The van der Waals surface area contributed by atoms with E-state index in [1.807, 2.05) is 0 Å². The number of aryl methyl sites for hydroxylation is 2. The molecule has 2 atom stereocenters. The van der Waals surface area contributed by atoms with Gasteiger partial charge in [0, 0.05) is 6.04 Å². The van der Waals surface area contributed by atoms with Crippen LogP contribution >= 0.6 is 0 Å². The summed E-state index contributed by atoms with van der Waals surface area (Å²) in [4.78, 5) is 0. The molecule has 0 aromatic heterocycles. The molecule has 0 aliphatic rings. The van der Waals surface area contributed by atoms with Gasteiger partial charge in [0.2, 0.25) is 0 Å². The highest BCUT2D eigenvalue weighted by molar-refractivity contribution is 5.30. The first kappa shape index (κ1) is 17.2. The smallest absolute Gasteiger partial charge is 0.0110 e. The Morgan fingerprint density at radius 2 is 1.80 bits per heavy atom. The highest BCUT2D eigenvalue weighted by atomic mass is 14.9. The standard InChI is InChI=1S/C19H33N/c1-6-8-15(3)12-19(20-11-7-2)14-18-10-9-16(4)17(5)13-18/h9-10,13,15,19-20H,6-8,11-12,14H2,1-5H3. The molecule has 1 N–H and O–H groups in total. The van der Waals surface area contributed by atoms with Crippen molar-refractivity contribution in [3.05, 3.63) is 34.9 Å². The third-order valence-electron chi connectivity index (χ3n) is 4.20. The molecule has 0 aliphatic carbocycles. The third-order valence-corrected chi connectivity index (χ3v) is 4.20. The van der Waals surface area contributed by atoms with Gasteiger partial charge in [-0.1, -0.05) is 51.8 Å². The van der Waals surface area contributed by atoms with E-state index in [0.29, 0.717) is 6.04 Å². The first-order valence-corrected chi connectivity index (χ1v) is 8.36. The van der Waals surface area contributed by atoms with Crippen LogP contribution < -0.4 is 5.32 Å². The van der Waals surface area contributed by atoms with Gasteiger partial charge in [-0.25, -0.2) is 0 Å². The Kier molecular flexibility index (Phi) is 7.91. The zero-order chi connectivity index (χ0) is 15.0. The predicted octanol–water partition coefficient (Wildman–Crippen LogP) is 5.04. The third kappa shape index (κ3) is 6.09. The van der Waals surface area contributed by atoms with Crippen molar-refractivity contribution >= 4 is 0 Å². The maximum atomic E-state index is 3.74. The fourth-order valence-corrected chi connectivity index (χ4v) is 2.90. The fourth-order valence-electron chi connectivity index (χ4n) is 2.90. The van der Waals surface area contributed by atoms with Crippen LogP contribution in [0.1, 0.15) is 63.1 Å². The molecule has 2 unspecified atom stereocenters. The summed E-state index contributed by atoms with van der Waals surface area (Å²) >= 11 is 0. The molecule has 114 valence electrons. The summed E-state index contributed by atoms with van der Waals surface area (Å²) in [5.74, 6) is 0.820. The van der Waals surface area contributed by atoms with Crippen LogP contribution in [0.4, 0.5) is 0 Å². The lowest BCUT2D eigenvalue weighted by atomic mass is 9.92. The number of rotatable bonds is 9. The van der Waals surface area contributed by atoms with Crippen molar-refractivity contribution in [2.45, 2.75) is 72.8 Å². The van der Waals surface area contributed by atoms with Gasteiger partial charge in [0.25, 0.3) is 0 Å². The van der Waals surface area contributed by atoms with Crippen LogP contribution in [-0.2, 0) is 6.42 Å². The number of benzene rings is 1. The van der Waals surface area contributed by atoms with Crippen molar-refractivity contribution in [3.8, 4) is 0 Å². The second kappa shape index (κ2) is 9.18. The minimum atomic E-state index is 0.624. The van der Waals surface area contributed by atoms with Crippen molar-refractivity contribution in [2.24, 2.45) is 5.92 Å². The zero-order valence-electron chi connectivity index (χ0n) is 14.1. The van der Waals surface area contributed by atoms with Crippen molar-refractivity contribution < 1.29 is 0 Å². The van der Waals surface area contributed by atoms with Gasteiger partial charge >= 0.3 is 0 Å². The van der Waals surface area contributed by atoms with Crippen LogP contribution in [0.15, 0.2) is 18.2 Å². The molecule has 0 bridgehead atoms. The maximum Gasteiger partial charge on any atom is 0.0110 e. The van der Waals surface area contributed by atoms with Gasteiger partial charge < -0.3 is 5.32 Å². The van der Waals surface area contributed by atoms with Crippen LogP contribution in [0.2, 0.25) is 0 Å². The molecular weight excluding hydrogens is 242 g/mol. The van der Waals surface area contributed by atoms with E-state index in [4.69, 9.17) is 0 Å². The lowest BCUT2D eigenvalue weighted by molar-refractivity contribution is 0.380. The van der Waals surface area contributed by atoms with E-state index in [1.165, 1.54) is 42.4 Å². The van der Waals surface area contributed by atoms with Gasteiger partial charge in [0.1, 0.15) is 0 Å². The lowest BCUT2D eigenvalue weighted by Gasteiger charge is -2.22. The molecule has 0 amide bonds. The first-order chi connectivity index (χ1) is 9.56. The molecule has 0 aliphatic heterocycles. The van der Waals surface area contributed by atoms with Crippen LogP contribution in [0, 0.1) is 19.8 Å². The van der Waals surface area contributed by atoms with Gasteiger partial charge in [-0.05, 0) is 62.3 Å². The van der Waals surface area contributed by atoms with E-state index in [2.05, 4.69) is 58.1 Å². The second-order valence-electron chi connectivity index (χ2n) is 6.40. The van der Waals surface area contributed by atoms with E-state index in [-0.39, 0.29) is 0 Å². The van der Waals surface area contributed by atoms with E-state index < -0.39 is 0 Å². The molecule has 1 nitrogen and oxygen atoms in total. The molecule has 0 heterocycles. The van der Waals surface area contributed by atoms with Crippen molar-refractivity contribution in [2.75, 3.05) is 6.54 Å². The summed E-state index contributed by atoms with van der Waals surface area (Å²) in [5.41, 5.74) is 4.29. The molecule has 0 spiro atoms. The average molecular weight is 275 g/mol. The Morgan fingerprint density at radius 3 is 2.40 bits per heavy atom. The van der Waals surface area contributed by atoms with Gasteiger partial charge in [0.15, 0.2) is 0 Å². The van der Waals surface area contributed by atoms with Crippen LogP contribution in [0.25, 0.3) is 0 Å². The fraction of sp³-hybridized carbons (Fsp3) is 0.684. The zero-order valence-corrected chi connectivity index (χ0v) is 14.1. The molecule has 1 heteroatoms. The SMILES string of the molecule is CCCNC(Cc1ccc(C)c(C)c1)CC(C)CCC. The highest BCUT2D eigenvalue weighted by Gasteiger charge is 2.13. The lowest BCUT2D eigenvalue weighted by Crippen LogP contribution is -2.33. The van der Waals surface area contributed by atoms with Crippen LogP contribution in [0.5, 0.6) is 0 Å². The van der Waals surface area contributed by atoms with Crippen LogP contribution in [-0.4, -0.2) is 12.6 Å². The Morgan fingerprint density at radius 1 is 1.05 bits per heavy atom. The van der Waals surface area contributed by atoms with Gasteiger partial charge in [-0.15, -0.1) is 0 Å². The summed E-state index contributed by atoms with van der Waals surface area (Å²) in [6.45, 7) is 12.5. The van der Waals surface area contributed by atoms with Crippen molar-refractivity contribution in [1.82, 2.24) is 5.32 Å². The number of nitrogens with one attached hydrogen (secondary N) is 1. The Hall–Kier alpha value is -0.820. The Balaban J connectivity index is 2.64. The molecule has 20 heavy (non-hydrogen) atoms. The summed E-state index contributed by atoms with van der Waals surface area (Å²) in [7, 11) is 0. The maximum absolute atomic E-state index is 3.74. The van der Waals surface area contributed by atoms with Gasteiger partial charge in [-0.2, -0.15) is 0 Å². The minimum absolute atomic E-state index is 0.624. The molecule has 1 rings (SSSR count). The number of hydrogen-bond donors (Lipinski definition) is 1. The van der Waals surface area contributed by atoms with E-state index in [1.54, 1.807) is 0 Å². The summed E-state index contributed by atoms with van der Waals surface area (Å²) < 4.78 is 0. The molecule has 1 aromatic rings. The van der Waals surface area contributed by atoms with E-state index in [9.17, 15) is 0 Å². The molecule has 1 aromatic carbocycles. The normalized spacial score (nSPS) is 14.2. The monoisotopic (exact) mass is 275 g/mol. The Bertz CT molecular complexity index is 383. The molecule has 0 fully saturated rings. The Labute approximate surface area is 126 Å². The molecule has 0 radical (unpaired) electrons. The average Bonchev–Trinajstić information content (AvgIpc) is 2.40. The van der Waals surface area contributed by atoms with Crippen molar-refractivity contribution in [3.63, 3.8) is 0 Å². The molecule has 0 saturated heterocycles. The number of hydrogen-bond acceptors (Lipinski definition) is 1. The van der Waals surface area contributed by atoms with Gasteiger partial charge in [-0.3, -0.25) is 0 Å². The summed E-state index contributed by atoms with van der Waals surface area (Å²) in [6.07, 6.45) is 6.31. The van der Waals surface area contributed by atoms with E-state index in [0.717, 1.165) is 18.9 Å². The summed E-state index contributed by atoms with van der Waals surface area (Å²) in [5, 5.41) is 3.74. The van der Waals surface area contributed by atoms with E-state index >= 15 is 0 Å². The first-order valence-electron chi connectivity index (χ1n) is 8.36. The van der Waals surface area contributed by atoms with Crippen LogP contribution in [0.3, 0.4) is 0 Å². The predicted molar refractivity (Wildman–Crippen MR) is 90.4 cm³/mol. The van der Waals surface area contributed by atoms with Crippen molar-refractivity contribution in [1.29, 1.82) is 0 Å². The topological polar surface area (TPSA) is 12.0 Å². The quantitative estimate of drug-likeness (QED) is 0.665.